The molecule has 1 aliphatic carbocycles. The van der Waals surface area contributed by atoms with Gasteiger partial charge in [-0.15, -0.1) is 0 Å². The third-order valence-electron chi connectivity index (χ3n) is 3.95. The quantitative estimate of drug-likeness (QED) is 0.636. The summed E-state index contributed by atoms with van der Waals surface area (Å²) in [6.07, 6.45) is 7.22. The highest BCUT2D eigenvalue weighted by atomic mass is 35.5. The molecule has 2 rings (SSSR count). The molecule has 1 aromatic carbocycles. The number of nitrogens with one attached hydrogen (secondary N) is 1. The van der Waals surface area contributed by atoms with Crippen LogP contribution >= 0.6 is 23.4 Å². The van der Waals surface area contributed by atoms with E-state index in [1.54, 1.807) is 12.1 Å². The third kappa shape index (κ3) is 3.65. The minimum Gasteiger partial charge on any atom is -0.311 e. The van der Waals surface area contributed by atoms with Crippen LogP contribution in [0, 0.1) is 10.1 Å². The van der Waals surface area contributed by atoms with Gasteiger partial charge in [0.1, 0.15) is 0 Å². The number of hydrogen-bond donors (Lipinski definition) is 1. The molecule has 20 heavy (non-hydrogen) atoms. The summed E-state index contributed by atoms with van der Waals surface area (Å²) >= 11 is 8.02. The second kappa shape index (κ2) is 6.78. The Bertz CT molecular complexity index is 490. The van der Waals surface area contributed by atoms with E-state index in [-0.39, 0.29) is 10.6 Å². The predicted molar refractivity (Wildman–Crippen MR) is 84.5 cm³/mol. The van der Waals surface area contributed by atoms with Crippen LogP contribution in [0.3, 0.4) is 0 Å². The number of non-ortho nitro benzene ring substituents is 1. The molecule has 0 bridgehead atoms. The molecule has 0 heterocycles. The third-order valence-corrected chi connectivity index (χ3v) is 5.74. The summed E-state index contributed by atoms with van der Waals surface area (Å²) in [6, 6.07) is 4.58. The summed E-state index contributed by atoms with van der Waals surface area (Å²) < 4.78 is 0.327. The van der Waals surface area contributed by atoms with Crippen LogP contribution in [-0.4, -0.2) is 22.5 Å². The van der Waals surface area contributed by atoms with E-state index in [0.29, 0.717) is 16.3 Å². The summed E-state index contributed by atoms with van der Waals surface area (Å²) in [6.45, 7) is 1.50. The number of nitro benzene ring substituents is 1. The normalized spacial score (nSPS) is 17.3. The van der Waals surface area contributed by atoms with Gasteiger partial charge in [0.2, 0.25) is 0 Å². The van der Waals surface area contributed by atoms with E-state index in [4.69, 9.17) is 11.6 Å². The average molecular weight is 315 g/mol. The van der Waals surface area contributed by atoms with E-state index >= 15 is 0 Å². The number of rotatable bonds is 6. The fraction of sp³-hybridized carbons (Fsp3) is 0.571. The van der Waals surface area contributed by atoms with Crippen molar-refractivity contribution in [3.8, 4) is 0 Å². The van der Waals surface area contributed by atoms with Gasteiger partial charge in [0.15, 0.2) is 0 Å². The molecule has 1 N–H and O–H groups in total. The average Bonchev–Trinajstić information content (AvgIpc) is 2.90. The Hall–Kier alpha value is -0.780. The van der Waals surface area contributed by atoms with Gasteiger partial charge >= 0.3 is 0 Å². The highest BCUT2D eigenvalue weighted by Crippen LogP contribution is 2.39. The Balaban J connectivity index is 1.96. The second-order valence-corrected chi connectivity index (χ2v) is 6.91. The first-order valence-corrected chi connectivity index (χ1v) is 8.35. The predicted octanol–water partition coefficient (Wildman–Crippen LogP) is 4.01. The fourth-order valence-corrected chi connectivity index (χ4v) is 3.84. The number of nitrogens with zero attached hydrogens (tertiary/aromatic N) is 1. The van der Waals surface area contributed by atoms with Crippen LogP contribution in [0.4, 0.5) is 5.69 Å². The van der Waals surface area contributed by atoms with Crippen molar-refractivity contribution in [1.29, 1.82) is 0 Å². The van der Waals surface area contributed by atoms with E-state index in [1.165, 1.54) is 31.7 Å². The Labute approximate surface area is 128 Å². The van der Waals surface area contributed by atoms with Gasteiger partial charge in [0.25, 0.3) is 5.69 Å². The molecule has 1 saturated carbocycles. The Morgan fingerprint density at radius 1 is 1.45 bits per heavy atom. The van der Waals surface area contributed by atoms with E-state index in [0.717, 1.165) is 12.1 Å². The first-order chi connectivity index (χ1) is 9.56. The summed E-state index contributed by atoms with van der Waals surface area (Å²) in [5.41, 5.74) is 0.877. The number of benzene rings is 1. The molecule has 0 unspecified atom stereocenters. The molecule has 0 amide bonds. The first kappa shape index (κ1) is 15.6. The molecular formula is C14H19ClN2O2S. The van der Waals surface area contributed by atoms with Crippen LogP contribution in [-0.2, 0) is 6.54 Å². The van der Waals surface area contributed by atoms with Gasteiger partial charge in [0.05, 0.1) is 4.92 Å². The molecule has 110 valence electrons. The zero-order valence-corrected chi connectivity index (χ0v) is 13.1. The number of thioether (sulfide) groups is 1. The summed E-state index contributed by atoms with van der Waals surface area (Å²) in [4.78, 5) is 10.4. The molecule has 0 aromatic heterocycles. The summed E-state index contributed by atoms with van der Waals surface area (Å²) in [5.74, 6) is 0. The molecule has 0 spiro atoms. The van der Waals surface area contributed by atoms with E-state index in [1.807, 2.05) is 11.8 Å². The largest absolute Gasteiger partial charge is 0.311 e. The smallest absolute Gasteiger partial charge is 0.269 e. The SMILES string of the molecule is CSC1(CNCc2cc([N+](=O)[O-])ccc2Cl)CCCC1. The molecule has 1 aliphatic rings. The van der Waals surface area contributed by atoms with Crippen LogP contribution in [0.2, 0.25) is 5.02 Å². The van der Waals surface area contributed by atoms with Crippen molar-refractivity contribution < 1.29 is 4.92 Å². The second-order valence-electron chi connectivity index (χ2n) is 5.23. The summed E-state index contributed by atoms with van der Waals surface area (Å²) in [5, 5.41) is 14.8. The maximum absolute atomic E-state index is 10.8. The van der Waals surface area contributed by atoms with Gasteiger partial charge < -0.3 is 5.32 Å². The van der Waals surface area contributed by atoms with Gasteiger partial charge in [-0.25, -0.2) is 0 Å². The summed E-state index contributed by atoms with van der Waals surface area (Å²) in [7, 11) is 0. The first-order valence-electron chi connectivity index (χ1n) is 6.75. The Morgan fingerprint density at radius 3 is 2.75 bits per heavy atom. The van der Waals surface area contributed by atoms with E-state index in [9.17, 15) is 10.1 Å². The van der Waals surface area contributed by atoms with Crippen molar-refractivity contribution in [2.45, 2.75) is 37.0 Å². The van der Waals surface area contributed by atoms with Crippen molar-refractivity contribution >= 4 is 29.1 Å². The van der Waals surface area contributed by atoms with Crippen molar-refractivity contribution in [1.82, 2.24) is 5.32 Å². The molecule has 0 aliphatic heterocycles. The van der Waals surface area contributed by atoms with Crippen LogP contribution in [0.15, 0.2) is 18.2 Å². The standard InChI is InChI=1S/C14H19ClN2O2S/c1-20-14(6-2-3-7-14)10-16-9-11-8-12(17(18)19)4-5-13(11)15/h4-5,8,16H,2-3,6-7,9-10H2,1H3. The highest BCUT2D eigenvalue weighted by Gasteiger charge is 2.32. The molecule has 0 atom stereocenters. The lowest BCUT2D eigenvalue weighted by atomic mass is 10.1. The molecular weight excluding hydrogens is 296 g/mol. The monoisotopic (exact) mass is 314 g/mol. The van der Waals surface area contributed by atoms with Gasteiger partial charge in [-0.2, -0.15) is 11.8 Å². The lowest BCUT2D eigenvalue weighted by molar-refractivity contribution is -0.384. The minimum absolute atomic E-state index is 0.0895. The number of halogens is 1. The van der Waals surface area contributed by atoms with Crippen molar-refractivity contribution in [2.75, 3.05) is 12.8 Å². The fourth-order valence-electron chi connectivity index (χ4n) is 2.71. The van der Waals surface area contributed by atoms with Crippen molar-refractivity contribution in [3.63, 3.8) is 0 Å². The van der Waals surface area contributed by atoms with Gasteiger partial charge in [-0.1, -0.05) is 24.4 Å². The van der Waals surface area contributed by atoms with Crippen LogP contribution in [0.1, 0.15) is 31.2 Å². The number of hydrogen-bond acceptors (Lipinski definition) is 4. The lowest BCUT2D eigenvalue weighted by Gasteiger charge is -2.27. The molecule has 6 heteroatoms. The van der Waals surface area contributed by atoms with Crippen LogP contribution in [0.25, 0.3) is 0 Å². The molecule has 0 saturated heterocycles. The maximum Gasteiger partial charge on any atom is 0.269 e. The lowest BCUT2D eigenvalue weighted by Crippen LogP contribution is -2.34. The van der Waals surface area contributed by atoms with Crippen LogP contribution in [0.5, 0.6) is 0 Å². The number of nitro groups is 1. The van der Waals surface area contributed by atoms with E-state index in [2.05, 4.69) is 11.6 Å². The molecule has 1 aromatic rings. The Kier molecular flexibility index (Phi) is 5.29. The van der Waals surface area contributed by atoms with Gasteiger partial charge in [0, 0.05) is 35.0 Å². The van der Waals surface area contributed by atoms with Gasteiger partial charge in [-0.05, 0) is 30.7 Å². The molecule has 1 fully saturated rings. The highest BCUT2D eigenvalue weighted by molar-refractivity contribution is 8.00. The zero-order chi connectivity index (χ0) is 14.6. The van der Waals surface area contributed by atoms with E-state index < -0.39 is 0 Å². The topological polar surface area (TPSA) is 55.2 Å². The zero-order valence-electron chi connectivity index (χ0n) is 11.5. The minimum atomic E-state index is -0.389. The molecule has 4 nitrogen and oxygen atoms in total. The van der Waals surface area contributed by atoms with Crippen LogP contribution < -0.4 is 5.32 Å². The maximum atomic E-state index is 10.8. The van der Waals surface area contributed by atoms with Gasteiger partial charge in [-0.3, -0.25) is 10.1 Å². The van der Waals surface area contributed by atoms with Crippen molar-refractivity contribution in [3.05, 3.63) is 38.9 Å². The van der Waals surface area contributed by atoms with Crippen molar-refractivity contribution in [2.24, 2.45) is 0 Å². The Morgan fingerprint density at radius 2 is 2.15 bits per heavy atom. The molecule has 0 radical (unpaired) electrons.